The Balaban J connectivity index is 2.04. The predicted octanol–water partition coefficient (Wildman–Crippen LogP) is 2.74. The molecule has 18 heavy (non-hydrogen) atoms. The van der Waals surface area contributed by atoms with Crippen molar-refractivity contribution in [2.24, 2.45) is 0 Å². The van der Waals surface area contributed by atoms with Crippen LogP contribution < -0.4 is 0 Å². The van der Waals surface area contributed by atoms with Crippen LogP contribution in [0.2, 0.25) is 0 Å². The molecule has 0 bridgehead atoms. The maximum Gasteiger partial charge on any atom is 0.120 e. The average Bonchev–Trinajstić information content (AvgIpc) is 2.83. The number of rotatable bonds is 2. The van der Waals surface area contributed by atoms with Gasteiger partial charge in [0.15, 0.2) is 0 Å². The molecule has 3 heteroatoms. The molecule has 1 atom stereocenters. The number of ether oxygens (including phenoxy) is 1. The van der Waals surface area contributed by atoms with Crippen LogP contribution in [0, 0.1) is 0 Å². The van der Waals surface area contributed by atoms with Crippen molar-refractivity contribution in [3.8, 4) is 0 Å². The molecule has 0 spiro atoms. The van der Waals surface area contributed by atoms with Gasteiger partial charge in [-0.3, -0.25) is 0 Å². The summed E-state index contributed by atoms with van der Waals surface area (Å²) in [6.45, 7) is 2.11. The van der Waals surface area contributed by atoms with Gasteiger partial charge in [-0.25, -0.2) is 0 Å². The number of piperidine rings is 1. The number of nitrogens with one attached hydrogen (secondary N) is 1. The largest absolute Gasteiger partial charge is 0.371 e. The summed E-state index contributed by atoms with van der Waals surface area (Å²) in [4.78, 5) is 5.87. The summed E-state index contributed by atoms with van der Waals surface area (Å²) in [5.41, 5.74) is 2.22. The van der Waals surface area contributed by atoms with Gasteiger partial charge in [0.1, 0.15) is 5.60 Å². The standard InChI is InChI=1S/C15H20N2O/c1-17-9-5-8-15(11-17,18-2)14-10-12-6-3-4-7-13(12)16-14/h3-4,6-7,10,16H,5,8-9,11H2,1-2H3. The van der Waals surface area contributed by atoms with E-state index < -0.39 is 0 Å². The summed E-state index contributed by atoms with van der Waals surface area (Å²) < 4.78 is 5.89. The number of H-pyrrole nitrogens is 1. The van der Waals surface area contributed by atoms with Crippen LogP contribution >= 0.6 is 0 Å². The van der Waals surface area contributed by atoms with Gasteiger partial charge < -0.3 is 14.6 Å². The first-order valence-electron chi connectivity index (χ1n) is 6.55. The molecular weight excluding hydrogens is 224 g/mol. The van der Waals surface area contributed by atoms with Crippen LogP contribution in [0.1, 0.15) is 18.5 Å². The maximum atomic E-state index is 5.89. The highest BCUT2D eigenvalue weighted by Gasteiger charge is 2.37. The molecule has 96 valence electrons. The van der Waals surface area contributed by atoms with E-state index in [0.29, 0.717) is 0 Å². The number of hydrogen-bond acceptors (Lipinski definition) is 2. The zero-order chi connectivity index (χ0) is 12.6. The Morgan fingerprint density at radius 1 is 1.33 bits per heavy atom. The number of methoxy groups -OCH3 is 1. The molecule has 1 N–H and O–H groups in total. The van der Waals surface area contributed by atoms with E-state index >= 15 is 0 Å². The van der Waals surface area contributed by atoms with Crippen molar-refractivity contribution in [2.45, 2.75) is 18.4 Å². The Bertz CT molecular complexity index is 515. The SMILES string of the molecule is COC1(c2cc3ccccc3[nH]2)CCCN(C)C1. The van der Waals surface area contributed by atoms with E-state index in [2.05, 4.69) is 47.3 Å². The molecule has 1 aromatic carbocycles. The predicted molar refractivity (Wildman–Crippen MR) is 73.7 cm³/mol. The van der Waals surface area contributed by atoms with Gasteiger partial charge in [0.2, 0.25) is 0 Å². The molecule has 0 saturated carbocycles. The minimum Gasteiger partial charge on any atom is -0.371 e. The van der Waals surface area contributed by atoms with Gasteiger partial charge in [-0.15, -0.1) is 0 Å². The van der Waals surface area contributed by atoms with Crippen LogP contribution in [-0.2, 0) is 10.3 Å². The summed E-state index contributed by atoms with van der Waals surface area (Å²) in [6, 6.07) is 10.6. The fourth-order valence-corrected chi connectivity index (χ4v) is 3.04. The highest BCUT2D eigenvalue weighted by molar-refractivity contribution is 5.80. The Morgan fingerprint density at radius 2 is 2.17 bits per heavy atom. The molecule has 1 saturated heterocycles. The molecule has 1 aliphatic heterocycles. The zero-order valence-corrected chi connectivity index (χ0v) is 11.1. The van der Waals surface area contributed by atoms with Gasteiger partial charge in [-0.2, -0.15) is 0 Å². The van der Waals surface area contributed by atoms with E-state index in [1.165, 1.54) is 23.0 Å². The minimum atomic E-state index is -0.175. The van der Waals surface area contributed by atoms with E-state index in [-0.39, 0.29) is 5.60 Å². The third-order valence-corrected chi connectivity index (χ3v) is 4.06. The topological polar surface area (TPSA) is 28.3 Å². The summed E-state index contributed by atoms with van der Waals surface area (Å²) in [5.74, 6) is 0. The fraction of sp³-hybridized carbons (Fsp3) is 0.467. The van der Waals surface area contributed by atoms with E-state index in [1.54, 1.807) is 0 Å². The Hall–Kier alpha value is -1.32. The summed E-state index contributed by atoms with van der Waals surface area (Å²) in [5, 5.41) is 1.26. The number of likely N-dealkylation sites (tertiary alicyclic amines) is 1. The van der Waals surface area contributed by atoms with Crippen LogP contribution in [0.4, 0.5) is 0 Å². The van der Waals surface area contributed by atoms with E-state index in [0.717, 1.165) is 19.5 Å². The van der Waals surface area contributed by atoms with Gasteiger partial charge in [0.05, 0.1) is 0 Å². The molecule has 3 nitrogen and oxygen atoms in total. The van der Waals surface area contributed by atoms with Gasteiger partial charge in [-0.1, -0.05) is 18.2 Å². The lowest BCUT2D eigenvalue weighted by molar-refractivity contribution is -0.0668. The monoisotopic (exact) mass is 244 g/mol. The lowest BCUT2D eigenvalue weighted by Crippen LogP contribution is -2.45. The molecule has 0 amide bonds. The molecule has 1 fully saturated rings. The molecule has 0 aliphatic carbocycles. The van der Waals surface area contributed by atoms with E-state index in [4.69, 9.17) is 4.74 Å². The van der Waals surface area contributed by atoms with Crippen LogP contribution in [0.5, 0.6) is 0 Å². The zero-order valence-electron chi connectivity index (χ0n) is 11.1. The van der Waals surface area contributed by atoms with Crippen molar-refractivity contribution in [3.05, 3.63) is 36.0 Å². The molecule has 1 unspecified atom stereocenters. The van der Waals surface area contributed by atoms with Crippen molar-refractivity contribution in [1.29, 1.82) is 0 Å². The van der Waals surface area contributed by atoms with Gasteiger partial charge in [-0.05, 0) is 44.0 Å². The number of para-hydroxylation sites is 1. The highest BCUT2D eigenvalue weighted by Crippen LogP contribution is 2.35. The summed E-state index contributed by atoms with van der Waals surface area (Å²) in [6.07, 6.45) is 2.26. The molecule has 2 aromatic rings. The molecule has 1 aliphatic rings. The third kappa shape index (κ3) is 1.84. The van der Waals surface area contributed by atoms with E-state index in [9.17, 15) is 0 Å². The molecule has 1 aromatic heterocycles. The van der Waals surface area contributed by atoms with Gasteiger partial charge in [0, 0.05) is 24.9 Å². The first-order chi connectivity index (χ1) is 8.73. The van der Waals surface area contributed by atoms with Gasteiger partial charge in [0.25, 0.3) is 0 Å². The lowest BCUT2D eigenvalue weighted by atomic mass is 9.89. The lowest BCUT2D eigenvalue weighted by Gasteiger charge is -2.39. The second-order valence-electron chi connectivity index (χ2n) is 5.31. The number of aromatic nitrogens is 1. The molecule has 0 radical (unpaired) electrons. The van der Waals surface area contributed by atoms with Crippen LogP contribution in [0.15, 0.2) is 30.3 Å². The van der Waals surface area contributed by atoms with Crippen molar-refractivity contribution in [3.63, 3.8) is 0 Å². The average molecular weight is 244 g/mol. The number of likely N-dealkylation sites (N-methyl/N-ethyl adjacent to an activating group) is 1. The Labute approximate surface area is 108 Å². The normalized spacial score (nSPS) is 25.7. The number of hydrogen-bond donors (Lipinski definition) is 1. The summed E-state index contributed by atoms with van der Waals surface area (Å²) >= 11 is 0. The van der Waals surface area contributed by atoms with Crippen molar-refractivity contribution < 1.29 is 4.74 Å². The van der Waals surface area contributed by atoms with Crippen LogP contribution in [-0.4, -0.2) is 37.1 Å². The highest BCUT2D eigenvalue weighted by atomic mass is 16.5. The minimum absolute atomic E-state index is 0.175. The van der Waals surface area contributed by atoms with Crippen LogP contribution in [0.25, 0.3) is 10.9 Å². The number of benzene rings is 1. The Kier molecular flexibility index (Phi) is 2.88. The smallest absolute Gasteiger partial charge is 0.120 e. The van der Waals surface area contributed by atoms with Gasteiger partial charge >= 0.3 is 0 Å². The first-order valence-corrected chi connectivity index (χ1v) is 6.55. The first kappa shape index (κ1) is 11.8. The summed E-state index contributed by atoms with van der Waals surface area (Å²) in [7, 11) is 3.99. The second-order valence-corrected chi connectivity index (χ2v) is 5.31. The number of fused-ring (bicyclic) bond motifs is 1. The third-order valence-electron chi connectivity index (χ3n) is 4.06. The fourth-order valence-electron chi connectivity index (χ4n) is 3.04. The quantitative estimate of drug-likeness (QED) is 0.880. The molecular formula is C15H20N2O. The molecule has 3 rings (SSSR count). The van der Waals surface area contributed by atoms with Crippen LogP contribution in [0.3, 0.4) is 0 Å². The van der Waals surface area contributed by atoms with Crippen molar-refractivity contribution in [2.75, 3.05) is 27.2 Å². The number of nitrogens with zero attached hydrogens (tertiary/aromatic N) is 1. The Morgan fingerprint density at radius 3 is 2.89 bits per heavy atom. The molecule has 2 heterocycles. The van der Waals surface area contributed by atoms with Crippen molar-refractivity contribution in [1.82, 2.24) is 9.88 Å². The van der Waals surface area contributed by atoms with Crippen molar-refractivity contribution >= 4 is 10.9 Å². The number of aromatic amines is 1. The van der Waals surface area contributed by atoms with E-state index in [1.807, 2.05) is 7.11 Å². The maximum absolute atomic E-state index is 5.89. The second kappa shape index (κ2) is 4.41.